The van der Waals surface area contributed by atoms with E-state index in [9.17, 15) is 18.0 Å². The van der Waals surface area contributed by atoms with Gasteiger partial charge >= 0.3 is 6.18 Å². The van der Waals surface area contributed by atoms with Gasteiger partial charge in [0.05, 0.1) is 0 Å². The number of carbonyl (C=O) groups excluding carboxylic acids is 1. The lowest BCUT2D eigenvalue weighted by Gasteiger charge is -2.34. The van der Waals surface area contributed by atoms with E-state index in [1.807, 2.05) is 0 Å². The Morgan fingerprint density at radius 2 is 2.17 bits per heavy atom. The summed E-state index contributed by atoms with van der Waals surface area (Å²) in [4.78, 5) is 11.0. The van der Waals surface area contributed by atoms with Crippen LogP contribution in [0.25, 0.3) is 0 Å². The molecule has 0 saturated carbocycles. The van der Waals surface area contributed by atoms with Crippen molar-refractivity contribution in [3.05, 3.63) is 0 Å². The molecule has 1 unspecified atom stereocenters. The van der Waals surface area contributed by atoms with E-state index in [2.05, 4.69) is 5.32 Å². The molecule has 0 aromatic carbocycles. The zero-order chi connectivity index (χ0) is 9.19. The van der Waals surface area contributed by atoms with Crippen LogP contribution in [0, 0.1) is 0 Å². The molecule has 1 aliphatic heterocycles. The predicted octanol–water partition coefficient (Wildman–Crippen LogP) is -0.0211. The average molecular weight is 182 g/mol. The molecule has 0 aliphatic carbocycles. The number of carbonyl (C=O) groups is 1. The predicted molar refractivity (Wildman–Crippen MR) is 35.5 cm³/mol. The minimum Gasteiger partial charge on any atom is -0.331 e. The highest BCUT2D eigenvalue weighted by Crippen LogP contribution is 2.24. The van der Waals surface area contributed by atoms with Gasteiger partial charge < -0.3 is 10.2 Å². The van der Waals surface area contributed by atoms with Crippen molar-refractivity contribution < 1.29 is 18.0 Å². The number of halogens is 3. The summed E-state index contributed by atoms with van der Waals surface area (Å²) in [6, 6.07) is -1.66. The lowest BCUT2D eigenvalue weighted by molar-refractivity contribution is -0.187. The van der Waals surface area contributed by atoms with Gasteiger partial charge in [-0.25, -0.2) is 0 Å². The van der Waals surface area contributed by atoms with Crippen LogP contribution in [0.5, 0.6) is 0 Å². The van der Waals surface area contributed by atoms with Gasteiger partial charge in [-0.3, -0.25) is 4.79 Å². The smallest absolute Gasteiger partial charge is 0.331 e. The number of alkyl halides is 3. The quantitative estimate of drug-likeness (QED) is 0.578. The maximum Gasteiger partial charge on any atom is 0.410 e. The molecule has 1 atom stereocenters. The van der Waals surface area contributed by atoms with Crippen LogP contribution in [0.15, 0.2) is 0 Å². The Morgan fingerprint density at radius 3 is 2.58 bits per heavy atom. The van der Waals surface area contributed by atoms with Crippen LogP contribution >= 0.6 is 0 Å². The van der Waals surface area contributed by atoms with Crippen molar-refractivity contribution in [1.29, 1.82) is 0 Å². The fourth-order valence-corrected chi connectivity index (χ4v) is 1.15. The molecule has 1 amide bonds. The molecule has 0 spiro atoms. The monoisotopic (exact) mass is 182 g/mol. The topological polar surface area (TPSA) is 32.3 Å². The van der Waals surface area contributed by atoms with Gasteiger partial charge in [0.15, 0.2) is 0 Å². The molecule has 1 saturated heterocycles. The first-order chi connectivity index (χ1) is 5.55. The van der Waals surface area contributed by atoms with Gasteiger partial charge in [0.25, 0.3) is 0 Å². The van der Waals surface area contributed by atoms with Crippen molar-refractivity contribution in [2.75, 3.05) is 19.6 Å². The van der Waals surface area contributed by atoms with E-state index in [0.29, 0.717) is 6.54 Å². The van der Waals surface area contributed by atoms with Crippen molar-refractivity contribution in [1.82, 2.24) is 10.2 Å². The third-order valence-corrected chi connectivity index (χ3v) is 1.80. The van der Waals surface area contributed by atoms with E-state index in [4.69, 9.17) is 0 Å². The lowest BCUT2D eigenvalue weighted by Crippen LogP contribution is -2.57. The van der Waals surface area contributed by atoms with Crippen LogP contribution in [0.1, 0.15) is 0 Å². The second-order valence-electron chi connectivity index (χ2n) is 2.60. The summed E-state index contributed by atoms with van der Waals surface area (Å²) >= 11 is 0. The van der Waals surface area contributed by atoms with Gasteiger partial charge in [-0.2, -0.15) is 13.2 Å². The van der Waals surface area contributed by atoms with Crippen LogP contribution in [-0.4, -0.2) is 43.2 Å². The molecule has 70 valence electrons. The second kappa shape index (κ2) is 3.30. The molecule has 1 heterocycles. The number of piperazine rings is 1. The Balaban J connectivity index is 2.65. The van der Waals surface area contributed by atoms with Crippen molar-refractivity contribution in [3.63, 3.8) is 0 Å². The molecule has 12 heavy (non-hydrogen) atoms. The molecule has 0 radical (unpaired) electrons. The fraction of sp³-hybridized carbons (Fsp3) is 0.833. The first-order valence-corrected chi connectivity index (χ1v) is 3.54. The molecular weight excluding hydrogens is 173 g/mol. The Labute approximate surface area is 67.5 Å². The van der Waals surface area contributed by atoms with E-state index in [0.717, 1.165) is 4.90 Å². The average Bonchev–Trinajstić information content (AvgIpc) is 2.03. The molecule has 6 heteroatoms. The van der Waals surface area contributed by atoms with Crippen molar-refractivity contribution in [2.24, 2.45) is 0 Å². The van der Waals surface area contributed by atoms with E-state index in [1.165, 1.54) is 0 Å². The number of nitrogens with zero attached hydrogens (tertiary/aromatic N) is 1. The van der Waals surface area contributed by atoms with Crippen molar-refractivity contribution in [2.45, 2.75) is 12.2 Å². The van der Waals surface area contributed by atoms with Crippen LogP contribution in [0.3, 0.4) is 0 Å². The number of hydrogen-bond donors (Lipinski definition) is 1. The van der Waals surface area contributed by atoms with Gasteiger partial charge in [-0.1, -0.05) is 0 Å². The fourth-order valence-electron chi connectivity index (χ4n) is 1.15. The van der Waals surface area contributed by atoms with Crippen LogP contribution < -0.4 is 5.32 Å². The lowest BCUT2D eigenvalue weighted by atomic mass is 10.2. The summed E-state index contributed by atoms with van der Waals surface area (Å²) < 4.78 is 36.4. The first-order valence-electron chi connectivity index (χ1n) is 3.54. The Hall–Kier alpha value is -0.780. The number of hydrogen-bond acceptors (Lipinski definition) is 2. The van der Waals surface area contributed by atoms with Crippen molar-refractivity contribution in [3.8, 4) is 0 Å². The second-order valence-corrected chi connectivity index (χ2v) is 2.60. The van der Waals surface area contributed by atoms with Gasteiger partial charge in [-0.15, -0.1) is 0 Å². The van der Waals surface area contributed by atoms with Crippen LogP contribution in [0.2, 0.25) is 0 Å². The third kappa shape index (κ3) is 1.88. The summed E-state index contributed by atoms with van der Waals surface area (Å²) in [6.45, 7) is 0.335. The molecule has 1 fully saturated rings. The van der Waals surface area contributed by atoms with Crippen molar-refractivity contribution >= 4 is 6.41 Å². The van der Waals surface area contributed by atoms with E-state index in [1.54, 1.807) is 0 Å². The van der Waals surface area contributed by atoms with E-state index < -0.39 is 12.2 Å². The molecule has 3 nitrogen and oxygen atoms in total. The van der Waals surface area contributed by atoms with Gasteiger partial charge in [0.1, 0.15) is 6.04 Å². The Kier molecular flexibility index (Phi) is 2.56. The number of amides is 1. The zero-order valence-electron chi connectivity index (χ0n) is 6.27. The summed E-state index contributed by atoms with van der Waals surface area (Å²) in [5, 5.41) is 2.59. The Morgan fingerprint density at radius 1 is 1.50 bits per heavy atom. The normalized spacial score (nSPS) is 25.6. The molecule has 1 aliphatic rings. The molecule has 1 rings (SSSR count). The Bertz CT molecular complexity index is 171. The molecule has 1 N–H and O–H groups in total. The molecule has 0 aromatic heterocycles. The van der Waals surface area contributed by atoms with Gasteiger partial charge in [-0.05, 0) is 0 Å². The number of rotatable bonds is 1. The third-order valence-electron chi connectivity index (χ3n) is 1.80. The summed E-state index contributed by atoms with van der Waals surface area (Å²) in [6.07, 6.45) is -4.08. The maximum absolute atomic E-state index is 12.1. The standard InChI is InChI=1S/C6H9F3N2O/c7-6(8,9)5-3-10-1-2-11(5)4-12/h4-5,10H,1-3H2. The highest BCUT2D eigenvalue weighted by Gasteiger charge is 2.44. The van der Waals surface area contributed by atoms with E-state index in [-0.39, 0.29) is 19.5 Å². The van der Waals surface area contributed by atoms with Crippen LogP contribution in [0.4, 0.5) is 13.2 Å². The highest BCUT2D eigenvalue weighted by molar-refractivity contribution is 5.48. The van der Waals surface area contributed by atoms with E-state index >= 15 is 0 Å². The summed E-state index contributed by atoms with van der Waals surface area (Å²) in [5.74, 6) is 0. The first kappa shape index (κ1) is 9.31. The maximum atomic E-state index is 12.1. The highest BCUT2D eigenvalue weighted by atomic mass is 19.4. The van der Waals surface area contributed by atoms with Gasteiger partial charge in [0, 0.05) is 19.6 Å². The summed E-state index contributed by atoms with van der Waals surface area (Å²) in [7, 11) is 0. The zero-order valence-corrected chi connectivity index (χ0v) is 6.27. The van der Waals surface area contributed by atoms with Gasteiger partial charge in [0.2, 0.25) is 6.41 Å². The summed E-state index contributed by atoms with van der Waals surface area (Å²) in [5.41, 5.74) is 0. The largest absolute Gasteiger partial charge is 0.410 e. The minimum atomic E-state index is -4.33. The minimum absolute atomic E-state index is 0.119. The SMILES string of the molecule is O=CN1CCNCC1C(F)(F)F. The number of nitrogens with one attached hydrogen (secondary N) is 1. The molecule has 0 bridgehead atoms. The molecule has 0 aromatic rings. The van der Waals surface area contributed by atoms with Crippen LogP contribution in [-0.2, 0) is 4.79 Å². The molecular formula is C6H9F3N2O.